The van der Waals surface area contributed by atoms with Crippen LogP contribution in [0.5, 0.6) is 0 Å². The fraction of sp³-hybridized carbons (Fsp3) is 0.250. The first-order valence-electron chi connectivity index (χ1n) is 5.79. The quantitative estimate of drug-likeness (QED) is 0.936. The van der Waals surface area contributed by atoms with Crippen LogP contribution in [-0.4, -0.2) is 32.1 Å². The molecule has 0 saturated heterocycles. The van der Waals surface area contributed by atoms with Crippen LogP contribution in [0.2, 0.25) is 5.15 Å². The van der Waals surface area contributed by atoms with Gasteiger partial charge in [0.25, 0.3) is 10.0 Å². The standard InChI is InChI=1S/C12H15ClN4O2S/c1-16(2)10-7-5-4-6-9(10)15-20(18,19)12-11(13)17(3)8-14-12/h4-8,15H,1-3H3. The number of benzene rings is 1. The lowest BCUT2D eigenvalue weighted by molar-refractivity contribution is 0.598. The molecule has 6 nitrogen and oxygen atoms in total. The SMILES string of the molecule is CN(C)c1ccccc1NS(=O)(=O)c1ncn(C)c1Cl. The molecule has 0 fully saturated rings. The van der Waals surface area contributed by atoms with Gasteiger partial charge in [-0.25, -0.2) is 4.98 Å². The number of aryl methyl sites for hydroxylation is 1. The van der Waals surface area contributed by atoms with Crippen molar-refractivity contribution in [2.24, 2.45) is 7.05 Å². The number of hydrogen-bond donors (Lipinski definition) is 1. The highest BCUT2D eigenvalue weighted by atomic mass is 35.5. The van der Waals surface area contributed by atoms with Gasteiger partial charge in [0.05, 0.1) is 17.7 Å². The molecular formula is C12H15ClN4O2S. The van der Waals surface area contributed by atoms with Crippen molar-refractivity contribution in [2.75, 3.05) is 23.7 Å². The summed E-state index contributed by atoms with van der Waals surface area (Å²) in [4.78, 5) is 5.64. The van der Waals surface area contributed by atoms with Crippen molar-refractivity contribution in [3.8, 4) is 0 Å². The molecule has 108 valence electrons. The highest BCUT2D eigenvalue weighted by Gasteiger charge is 2.23. The lowest BCUT2D eigenvalue weighted by Gasteiger charge is -2.17. The van der Waals surface area contributed by atoms with Crippen molar-refractivity contribution in [3.63, 3.8) is 0 Å². The van der Waals surface area contributed by atoms with Crippen LogP contribution in [0.4, 0.5) is 11.4 Å². The lowest BCUT2D eigenvalue weighted by Crippen LogP contribution is -2.17. The van der Waals surface area contributed by atoms with E-state index in [1.54, 1.807) is 19.2 Å². The molecule has 1 aromatic heterocycles. The zero-order chi connectivity index (χ0) is 14.9. The second kappa shape index (κ2) is 5.34. The number of halogens is 1. The molecule has 0 atom stereocenters. The van der Waals surface area contributed by atoms with Gasteiger partial charge in [0.2, 0.25) is 5.03 Å². The number of para-hydroxylation sites is 2. The Morgan fingerprint density at radius 1 is 1.30 bits per heavy atom. The molecule has 1 heterocycles. The molecule has 0 amide bonds. The summed E-state index contributed by atoms with van der Waals surface area (Å²) in [6, 6.07) is 7.09. The van der Waals surface area contributed by atoms with Gasteiger partial charge in [-0.15, -0.1) is 0 Å². The van der Waals surface area contributed by atoms with E-state index in [2.05, 4.69) is 9.71 Å². The van der Waals surface area contributed by atoms with Crippen molar-refractivity contribution in [1.29, 1.82) is 0 Å². The second-order valence-electron chi connectivity index (χ2n) is 4.47. The predicted molar refractivity (Wildman–Crippen MR) is 79.8 cm³/mol. The third kappa shape index (κ3) is 2.73. The fourth-order valence-corrected chi connectivity index (χ4v) is 3.22. The van der Waals surface area contributed by atoms with E-state index >= 15 is 0 Å². The maximum absolute atomic E-state index is 12.3. The van der Waals surface area contributed by atoms with E-state index in [4.69, 9.17) is 11.6 Å². The summed E-state index contributed by atoms with van der Waals surface area (Å²) < 4.78 is 28.6. The number of aromatic nitrogens is 2. The molecule has 0 saturated carbocycles. The molecular weight excluding hydrogens is 300 g/mol. The molecule has 1 aromatic carbocycles. The second-order valence-corrected chi connectivity index (χ2v) is 6.42. The fourth-order valence-electron chi connectivity index (χ4n) is 1.72. The van der Waals surface area contributed by atoms with Gasteiger partial charge in [-0.3, -0.25) is 4.72 Å². The summed E-state index contributed by atoms with van der Waals surface area (Å²) in [5.41, 5.74) is 1.22. The van der Waals surface area contributed by atoms with Gasteiger partial charge in [-0.2, -0.15) is 8.42 Å². The number of nitrogens with one attached hydrogen (secondary N) is 1. The minimum absolute atomic E-state index is 0.0693. The molecule has 20 heavy (non-hydrogen) atoms. The van der Waals surface area contributed by atoms with E-state index in [1.165, 1.54) is 10.9 Å². The topological polar surface area (TPSA) is 67.2 Å². The van der Waals surface area contributed by atoms with Crippen molar-refractivity contribution in [1.82, 2.24) is 9.55 Å². The van der Waals surface area contributed by atoms with Crippen molar-refractivity contribution in [3.05, 3.63) is 35.7 Å². The van der Waals surface area contributed by atoms with Crippen LogP contribution in [-0.2, 0) is 17.1 Å². The van der Waals surface area contributed by atoms with Crippen LogP contribution in [0, 0.1) is 0 Å². The summed E-state index contributed by atoms with van der Waals surface area (Å²) >= 11 is 5.93. The summed E-state index contributed by atoms with van der Waals surface area (Å²) in [5, 5.41) is -0.116. The molecule has 0 aliphatic carbocycles. The monoisotopic (exact) mass is 314 g/mol. The summed E-state index contributed by atoms with van der Waals surface area (Å²) in [6.45, 7) is 0. The Kier molecular flexibility index (Phi) is 3.92. The number of hydrogen-bond acceptors (Lipinski definition) is 4. The number of rotatable bonds is 4. The van der Waals surface area contributed by atoms with E-state index < -0.39 is 10.0 Å². The summed E-state index contributed by atoms with van der Waals surface area (Å²) in [5.74, 6) is 0. The first-order chi connectivity index (χ1) is 9.33. The van der Waals surface area contributed by atoms with E-state index in [9.17, 15) is 8.42 Å². The smallest absolute Gasteiger partial charge is 0.282 e. The van der Waals surface area contributed by atoms with Gasteiger partial charge in [0.15, 0.2) is 0 Å². The molecule has 0 aliphatic heterocycles. The van der Waals surface area contributed by atoms with Crippen LogP contribution >= 0.6 is 11.6 Å². The molecule has 2 rings (SSSR count). The van der Waals surface area contributed by atoms with Gasteiger partial charge in [0.1, 0.15) is 5.15 Å². The van der Waals surface area contributed by atoms with Gasteiger partial charge in [-0.1, -0.05) is 23.7 Å². The molecule has 8 heteroatoms. The van der Waals surface area contributed by atoms with Crippen LogP contribution in [0.15, 0.2) is 35.6 Å². The first kappa shape index (κ1) is 14.7. The largest absolute Gasteiger partial charge is 0.376 e. The van der Waals surface area contributed by atoms with Crippen molar-refractivity contribution < 1.29 is 8.42 Å². The number of nitrogens with zero attached hydrogens (tertiary/aromatic N) is 3. The molecule has 0 unspecified atom stereocenters. The zero-order valence-electron chi connectivity index (χ0n) is 11.3. The normalized spacial score (nSPS) is 11.4. The van der Waals surface area contributed by atoms with Gasteiger partial charge in [0, 0.05) is 21.1 Å². The van der Waals surface area contributed by atoms with Crippen molar-refractivity contribution in [2.45, 2.75) is 5.03 Å². The van der Waals surface area contributed by atoms with E-state index in [0.29, 0.717) is 5.69 Å². The summed E-state index contributed by atoms with van der Waals surface area (Å²) in [7, 11) is 1.48. The third-order valence-corrected chi connectivity index (χ3v) is 4.57. The van der Waals surface area contributed by atoms with Crippen LogP contribution in [0.3, 0.4) is 0 Å². The Balaban J connectivity index is 2.42. The molecule has 0 bridgehead atoms. The maximum atomic E-state index is 12.3. The molecule has 0 aliphatic rings. The lowest BCUT2D eigenvalue weighted by atomic mass is 10.2. The minimum atomic E-state index is -3.82. The average Bonchev–Trinajstić information content (AvgIpc) is 2.70. The highest BCUT2D eigenvalue weighted by molar-refractivity contribution is 7.92. The van der Waals surface area contributed by atoms with E-state index in [1.807, 2.05) is 31.1 Å². The third-order valence-electron chi connectivity index (χ3n) is 2.72. The molecule has 1 N–H and O–H groups in total. The van der Waals surface area contributed by atoms with Gasteiger partial charge in [-0.05, 0) is 12.1 Å². The average molecular weight is 315 g/mol. The van der Waals surface area contributed by atoms with E-state index in [0.717, 1.165) is 5.69 Å². The molecule has 0 radical (unpaired) electrons. The predicted octanol–water partition coefficient (Wildman–Crippen LogP) is 1.94. The van der Waals surface area contributed by atoms with Crippen LogP contribution < -0.4 is 9.62 Å². The first-order valence-corrected chi connectivity index (χ1v) is 7.65. The summed E-state index contributed by atoms with van der Waals surface area (Å²) in [6.07, 6.45) is 1.36. The minimum Gasteiger partial charge on any atom is -0.376 e. The van der Waals surface area contributed by atoms with Gasteiger partial charge >= 0.3 is 0 Å². The Bertz CT molecular complexity index is 725. The highest BCUT2D eigenvalue weighted by Crippen LogP contribution is 2.27. The number of sulfonamides is 1. The van der Waals surface area contributed by atoms with Crippen LogP contribution in [0.25, 0.3) is 0 Å². The Morgan fingerprint density at radius 2 is 1.95 bits per heavy atom. The van der Waals surface area contributed by atoms with Crippen molar-refractivity contribution >= 4 is 33.0 Å². The number of imidazole rings is 1. The van der Waals surface area contributed by atoms with Gasteiger partial charge < -0.3 is 9.47 Å². The maximum Gasteiger partial charge on any atom is 0.282 e. The Labute approximate surface area is 123 Å². The van der Waals surface area contributed by atoms with Crippen LogP contribution in [0.1, 0.15) is 0 Å². The zero-order valence-corrected chi connectivity index (χ0v) is 12.9. The number of anilines is 2. The Hall–Kier alpha value is -1.73. The molecule has 2 aromatic rings. The molecule has 0 spiro atoms. The Morgan fingerprint density at radius 3 is 2.50 bits per heavy atom. The van der Waals surface area contributed by atoms with E-state index in [-0.39, 0.29) is 10.2 Å².